The minimum atomic E-state index is -0.994. The number of rotatable bonds is 7. The molecule has 2 aromatic carbocycles. The highest BCUT2D eigenvalue weighted by molar-refractivity contribution is 9.10. The maximum absolute atomic E-state index is 12.6. The molecule has 0 unspecified atom stereocenters. The molecule has 0 saturated heterocycles. The van der Waals surface area contributed by atoms with E-state index in [2.05, 4.69) is 26.6 Å². The van der Waals surface area contributed by atoms with Gasteiger partial charge in [-0.2, -0.15) is 0 Å². The molecule has 0 radical (unpaired) electrons. The largest absolute Gasteiger partial charge is 0.620 e. The number of anilines is 1. The summed E-state index contributed by atoms with van der Waals surface area (Å²) in [6.07, 6.45) is 0.505. The van der Waals surface area contributed by atoms with E-state index in [1.165, 1.54) is 6.07 Å². The van der Waals surface area contributed by atoms with Crippen molar-refractivity contribution in [2.24, 2.45) is 5.92 Å². The Morgan fingerprint density at radius 3 is 2.62 bits per heavy atom. The molecule has 1 heterocycles. The van der Waals surface area contributed by atoms with E-state index in [1.54, 1.807) is 24.3 Å². The van der Waals surface area contributed by atoms with E-state index < -0.39 is 24.9 Å². The van der Waals surface area contributed by atoms with Gasteiger partial charge in [0.25, 0.3) is 5.91 Å². The van der Waals surface area contributed by atoms with Gasteiger partial charge in [0.2, 0.25) is 5.91 Å². The molecule has 10 heteroatoms. The molecule has 2 amide bonds. The molecular formula is C22H25BBrN3O5. The molecule has 0 spiro atoms. The first-order valence-electron chi connectivity index (χ1n) is 10.2. The number of hydrogen-bond acceptors (Lipinski definition) is 6. The molecule has 0 aliphatic carbocycles. The Morgan fingerprint density at radius 2 is 1.91 bits per heavy atom. The van der Waals surface area contributed by atoms with E-state index in [1.807, 2.05) is 26.8 Å². The number of nitrogen functional groups attached to an aromatic ring is 1. The molecule has 32 heavy (non-hydrogen) atoms. The maximum Gasteiger partial charge on any atom is 0.620 e. The summed E-state index contributed by atoms with van der Waals surface area (Å²) in [5, 5.41) is 5.44. The van der Waals surface area contributed by atoms with Crippen molar-refractivity contribution in [3.63, 3.8) is 0 Å². The third kappa shape index (κ3) is 5.82. The van der Waals surface area contributed by atoms with Gasteiger partial charge >= 0.3 is 13.1 Å². The highest BCUT2D eigenvalue weighted by Gasteiger charge is 2.42. The number of carbonyl (C=O) groups excluding carboxylic acids is 3. The molecule has 3 rings (SSSR count). The van der Waals surface area contributed by atoms with Crippen LogP contribution in [0.2, 0.25) is 0 Å². The standard InChI is InChI=1S/C22H25BBrN3O5/c1-12(2)8-19(23-31-18-7-5-14(25)10-16(18)22(30)32-23)27-20(28)11-26-21(29)15-9-13(3)4-6-17(15)24/h4-7,9-10,12,19H,8,11,25H2,1-3H3,(H,26,29)(H,27,28)/t19-/m0/s1. The van der Waals surface area contributed by atoms with E-state index in [9.17, 15) is 14.4 Å². The van der Waals surface area contributed by atoms with E-state index in [-0.39, 0.29) is 23.9 Å². The quantitative estimate of drug-likeness (QED) is 0.396. The van der Waals surface area contributed by atoms with E-state index in [0.717, 1.165) is 5.56 Å². The first kappa shape index (κ1) is 23.7. The molecule has 0 aromatic heterocycles. The molecule has 1 aliphatic rings. The van der Waals surface area contributed by atoms with Crippen LogP contribution in [0.4, 0.5) is 5.69 Å². The van der Waals surface area contributed by atoms with E-state index in [0.29, 0.717) is 27.9 Å². The average Bonchev–Trinajstić information content (AvgIpc) is 2.73. The second kappa shape index (κ2) is 10.1. The van der Waals surface area contributed by atoms with Crippen LogP contribution in [-0.2, 0) is 9.45 Å². The lowest BCUT2D eigenvalue weighted by Gasteiger charge is -2.29. The minimum absolute atomic E-state index is 0.188. The van der Waals surface area contributed by atoms with Crippen LogP contribution in [0, 0.1) is 12.8 Å². The number of nitrogens with two attached hydrogens (primary N) is 1. The van der Waals surface area contributed by atoms with Crippen LogP contribution in [0.5, 0.6) is 5.75 Å². The third-order valence-corrected chi connectivity index (χ3v) is 5.56. The summed E-state index contributed by atoms with van der Waals surface area (Å²) in [6.45, 7) is 5.61. The highest BCUT2D eigenvalue weighted by atomic mass is 79.9. The van der Waals surface area contributed by atoms with Gasteiger partial charge in [0.05, 0.1) is 18.0 Å². The van der Waals surface area contributed by atoms with Crippen LogP contribution in [0.3, 0.4) is 0 Å². The Bertz CT molecular complexity index is 1050. The van der Waals surface area contributed by atoms with Crippen molar-refractivity contribution in [2.75, 3.05) is 12.3 Å². The zero-order chi connectivity index (χ0) is 23.4. The molecule has 8 nitrogen and oxygen atoms in total. The molecule has 0 saturated carbocycles. The van der Waals surface area contributed by atoms with E-state index in [4.69, 9.17) is 15.0 Å². The van der Waals surface area contributed by atoms with Gasteiger partial charge in [-0.1, -0.05) is 25.5 Å². The van der Waals surface area contributed by atoms with Crippen molar-refractivity contribution in [3.05, 3.63) is 57.6 Å². The Hall–Kier alpha value is -3.01. The molecule has 0 fully saturated rings. The topological polar surface area (TPSA) is 120 Å². The summed E-state index contributed by atoms with van der Waals surface area (Å²) in [5.41, 5.74) is 7.76. The number of halogens is 1. The SMILES string of the molecule is Cc1ccc(Br)c(C(=O)NCC(=O)N[C@@H](CC(C)C)B2OC(=O)c3cc(N)ccc3O2)c1. The number of benzene rings is 2. The van der Waals surface area contributed by atoms with Crippen LogP contribution in [0.1, 0.15) is 46.5 Å². The molecular weight excluding hydrogens is 477 g/mol. The van der Waals surface area contributed by atoms with Crippen LogP contribution >= 0.6 is 15.9 Å². The van der Waals surface area contributed by atoms with Crippen LogP contribution in [0.25, 0.3) is 0 Å². The molecule has 1 aliphatic heterocycles. The Balaban J connectivity index is 1.66. The Labute approximate surface area is 195 Å². The summed E-state index contributed by atoms with van der Waals surface area (Å²) in [5.74, 6) is -1.42. The van der Waals surface area contributed by atoms with Crippen LogP contribution in [0.15, 0.2) is 40.9 Å². The lowest BCUT2D eigenvalue weighted by Crippen LogP contribution is -2.55. The van der Waals surface area contributed by atoms with E-state index >= 15 is 0 Å². The van der Waals surface area contributed by atoms with Gasteiger partial charge in [-0.3, -0.25) is 9.59 Å². The van der Waals surface area contributed by atoms with Crippen molar-refractivity contribution in [2.45, 2.75) is 33.1 Å². The fourth-order valence-electron chi connectivity index (χ4n) is 3.36. The fraction of sp³-hybridized carbons (Fsp3) is 0.318. The van der Waals surface area contributed by atoms with Crippen LogP contribution < -0.4 is 21.0 Å². The predicted octanol–water partition coefficient (Wildman–Crippen LogP) is 2.88. The van der Waals surface area contributed by atoms with Gasteiger partial charge in [0.1, 0.15) is 11.3 Å². The normalized spacial score (nSPS) is 13.7. The van der Waals surface area contributed by atoms with Crippen molar-refractivity contribution in [1.29, 1.82) is 0 Å². The second-order valence-electron chi connectivity index (χ2n) is 8.12. The summed E-state index contributed by atoms with van der Waals surface area (Å²) in [7, 11) is -0.994. The fourth-order valence-corrected chi connectivity index (χ4v) is 3.79. The average molecular weight is 502 g/mol. The maximum atomic E-state index is 12.6. The molecule has 4 N–H and O–H groups in total. The lowest BCUT2D eigenvalue weighted by molar-refractivity contribution is -0.120. The molecule has 1 atom stereocenters. The minimum Gasteiger partial charge on any atom is -0.524 e. The Morgan fingerprint density at radius 1 is 1.16 bits per heavy atom. The zero-order valence-corrected chi connectivity index (χ0v) is 19.7. The number of carbonyl (C=O) groups is 3. The summed E-state index contributed by atoms with van der Waals surface area (Å²) >= 11 is 3.35. The smallest absolute Gasteiger partial charge is 0.524 e. The van der Waals surface area contributed by atoms with Gasteiger partial charge in [-0.25, -0.2) is 4.79 Å². The van der Waals surface area contributed by atoms with Gasteiger partial charge < -0.3 is 25.7 Å². The Kier molecular flexibility index (Phi) is 7.45. The summed E-state index contributed by atoms with van der Waals surface area (Å²) < 4.78 is 11.9. The van der Waals surface area contributed by atoms with Gasteiger partial charge in [0.15, 0.2) is 0 Å². The highest BCUT2D eigenvalue weighted by Crippen LogP contribution is 2.28. The first-order valence-corrected chi connectivity index (χ1v) is 11.0. The zero-order valence-electron chi connectivity index (χ0n) is 18.1. The first-order chi connectivity index (χ1) is 15.1. The predicted molar refractivity (Wildman–Crippen MR) is 125 cm³/mol. The lowest BCUT2D eigenvalue weighted by atomic mass is 9.72. The number of fused-ring (bicyclic) bond motifs is 1. The summed E-state index contributed by atoms with van der Waals surface area (Å²) in [4.78, 5) is 37.5. The number of nitrogens with one attached hydrogen (secondary N) is 2. The number of amides is 2. The summed E-state index contributed by atoms with van der Waals surface area (Å²) in [6, 6.07) is 10.1. The van der Waals surface area contributed by atoms with Crippen molar-refractivity contribution in [3.8, 4) is 5.75 Å². The van der Waals surface area contributed by atoms with Crippen molar-refractivity contribution < 1.29 is 23.7 Å². The van der Waals surface area contributed by atoms with Crippen molar-refractivity contribution >= 4 is 46.5 Å². The third-order valence-electron chi connectivity index (χ3n) is 4.87. The molecule has 2 aromatic rings. The monoisotopic (exact) mass is 501 g/mol. The molecule has 0 bridgehead atoms. The second-order valence-corrected chi connectivity index (χ2v) is 8.97. The number of hydrogen-bond donors (Lipinski definition) is 3. The van der Waals surface area contributed by atoms with Gasteiger partial charge in [-0.15, -0.1) is 0 Å². The molecule has 168 valence electrons. The number of aryl methyl sites for hydroxylation is 1. The van der Waals surface area contributed by atoms with Gasteiger partial charge in [-0.05, 0) is 65.5 Å². The van der Waals surface area contributed by atoms with Crippen LogP contribution in [-0.4, -0.2) is 37.4 Å². The van der Waals surface area contributed by atoms with Gasteiger partial charge in [0, 0.05) is 10.2 Å². The van der Waals surface area contributed by atoms with Crippen molar-refractivity contribution in [1.82, 2.24) is 10.6 Å².